The van der Waals surface area contributed by atoms with Crippen LogP contribution in [0.2, 0.25) is 0 Å². The Kier molecular flexibility index (Phi) is 3.90. The van der Waals surface area contributed by atoms with Gasteiger partial charge in [-0.05, 0) is 4.92 Å². The number of hydrogen-bond acceptors (Lipinski definition) is 5. The van der Waals surface area contributed by atoms with Crippen LogP contribution in [0.25, 0.3) is 0 Å². The van der Waals surface area contributed by atoms with Crippen LogP contribution in [0, 0.1) is 10.1 Å². The van der Waals surface area contributed by atoms with Crippen molar-refractivity contribution in [3.8, 4) is 0 Å². The van der Waals surface area contributed by atoms with Gasteiger partial charge in [0.2, 0.25) is 0 Å². The van der Waals surface area contributed by atoms with Crippen molar-refractivity contribution in [2.45, 2.75) is 5.75 Å². The van der Waals surface area contributed by atoms with Crippen LogP contribution in [-0.4, -0.2) is 31.9 Å². The van der Waals surface area contributed by atoms with Gasteiger partial charge in [-0.25, -0.2) is 4.57 Å². The number of aromatic nitrogens is 2. The second-order valence-electron chi connectivity index (χ2n) is 2.64. The quantitative estimate of drug-likeness (QED) is 0.442. The molecule has 1 N–H and O–H groups in total. The van der Waals surface area contributed by atoms with Gasteiger partial charge in [0, 0.05) is 5.75 Å². The minimum Gasteiger partial charge on any atom is -0.396 e. The van der Waals surface area contributed by atoms with E-state index in [0.29, 0.717) is 11.5 Å². The van der Waals surface area contributed by atoms with E-state index in [1.54, 1.807) is 7.05 Å². The molecular formula is C7H11N3O3S. The molecule has 1 aromatic heterocycles. The summed E-state index contributed by atoms with van der Waals surface area (Å²) in [6.45, 7) is 0.116. The van der Waals surface area contributed by atoms with Crippen molar-refractivity contribution < 1.29 is 10.0 Å². The minimum atomic E-state index is -0.514. The number of nitrogens with zero attached hydrogens (tertiary/aromatic N) is 3. The highest BCUT2D eigenvalue weighted by Crippen LogP contribution is 2.16. The Morgan fingerprint density at radius 1 is 1.79 bits per heavy atom. The maximum atomic E-state index is 10.4. The number of aliphatic hydroxyl groups is 1. The minimum absolute atomic E-state index is 0.116. The van der Waals surface area contributed by atoms with E-state index < -0.39 is 4.92 Å². The van der Waals surface area contributed by atoms with Crippen molar-refractivity contribution in [3.05, 3.63) is 22.0 Å². The lowest BCUT2D eigenvalue weighted by molar-refractivity contribution is -0.396. The van der Waals surface area contributed by atoms with Gasteiger partial charge >= 0.3 is 5.95 Å². The number of rotatable bonds is 5. The summed E-state index contributed by atoms with van der Waals surface area (Å²) in [6, 6.07) is 0. The summed E-state index contributed by atoms with van der Waals surface area (Å²) in [5.74, 6) is 1.10. The highest BCUT2D eigenvalue weighted by Gasteiger charge is 2.16. The molecule has 78 valence electrons. The Morgan fingerprint density at radius 2 is 2.50 bits per heavy atom. The van der Waals surface area contributed by atoms with E-state index in [4.69, 9.17) is 5.11 Å². The van der Waals surface area contributed by atoms with Gasteiger partial charge in [-0.2, -0.15) is 11.8 Å². The zero-order chi connectivity index (χ0) is 10.6. The first-order valence-corrected chi connectivity index (χ1v) is 5.16. The molecule has 0 saturated carbocycles. The highest BCUT2D eigenvalue weighted by molar-refractivity contribution is 7.98. The van der Waals surface area contributed by atoms with Crippen molar-refractivity contribution in [3.63, 3.8) is 0 Å². The van der Waals surface area contributed by atoms with Crippen LogP contribution in [-0.2, 0) is 12.8 Å². The van der Waals surface area contributed by atoms with Crippen molar-refractivity contribution in [2.24, 2.45) is 7.05 Å². The third kappa shape index (κ3) is 2.46. The van der Waals surface area contributed by atoms with Gasteiger partial charge in [0.25, 0.3) is 0 Å². The van der Waals surface area contributed by atoms with E-state index in [0.717, 1.165) is 5.69 Å². The van der Waals surface area contributed by atoms with Gasteiger partial charge in [-0.1, -0.05) is 4.98 Å². The smallest absolute Gasteiger partial charge is 0.396 e. The first-order chi connectivity index (χ1) is 6.66. The fraction of sp³-hybridized carbons (Fsp3) is 0.571. The molecule has 0 radical (unpaired) electrons. The Bertz CT molecular complexity index is 326. The summed E-state index contributed by atoms with van der Waals surface area (Å²) < 4.78 is 1.45. The molecule has 0 fully saturated rings. The fourth-order valence-corrected chi connectivity index (χ4v) is 1.73. The molecule has 0 saturated heterocycles. The molecule has 6 nitrogen and oxygen atoms in total. The summed E-state index contributed by atoms with van der Waals surface area (Å²) in [4.78, 5) is 13.6. The van der Waals surface area contributed by atoms with Crippen LogP contribution in [0.15, 0.2) is 6.20 Å². The molecule has 1 heterocycles. The van der Waals surface area contributed by atoms with Crippen molar-refractivity contribution in [1.82, 2.24) is 9.55 Å². The number of imidazole rings is 1. The van der Waals surface area contributed by atoms with Crippen LogP contribution in [0.3, 0.4) is 0 Å². The molecule has 0 unspecified atom stereocenters. The largest absolute Gasteiger partial charge is 0.434 e. The zero-order valence-corrected chi connectivity index (χ0v) is 8.53. The first-order valence-electron chi connectivity index (χ1n) is 4.00. The van der Waals surface area contributed by atoms with Crippen LogP contribution in [0.4, 0.5) is 5.95 Å². The number of thioether (sulfide) groups is 1. The molecule has 0 atom stereocenters. The Morgan fingerprint density at radius 3 is 3.00 bits per heavy atom. The third-order valence-corrected chi connectivity index (χ3v) is 2.68. The molecule has 7 heteroatoms. The van der Waals surface area contributed by atoms with E-state index in [2.05, 4.69) is 4.98 Å². The van der Waals surface area contributed by atoms with E-state index >= 15 is 0 Å². The Balaban J connectivity index is 2.65. The first kappa shape index (κ1) is 11.0. The molecule has 0 aliphatic heterocycles. The second-order valence-corrected chi connectivity index (χ2v) is 3.75. The van der Waals surface area contributed by atoms with E-state index in [1.807, 2.05) is 0 Å². The topological polar surface area (TPSA) is 81.2 Å². The molecule has 0 aliphatic carbocycles. The number of hydrogen-bond donors (Lipinski definition) is 1. The van der Waals surface area contributed by atoms with Crippen molar-refractivity contribution in [1.29, 1.82) is 0 Å². The predicted octanol–water partition coefficient (Wildman–Crippen LogP) is 0.554. The molecule has 1 aromatic rings. The van der Waals surface area contributed by atoms with Gasteiger partial charge in [0.15, 0.2) is 0 Å². The zero-order valence-electron chi connectivity index (χ0n) is 7.71. The van der Waals surface area contributed by atoms with E-state index in [1.165, 1.54) is 22.5 Å². The lowest BCUT2D eigenvalue weighted by Crippen LogP contribution is -2.01. The summed E-state index contributed by atoms with van der Waals surface area (Å²) in [6.07, 6.45) is 1.49. The number of nitro groups is 1. The van der Waals surface area contributed by atoms with Crippen molar-refractivity contribution >= 4 is 17.7 Å². The molecule has 0 bridgehead atoms. The van der Waals surface area contributed by atoms with Gasteiger partial charge in [0.1, 0.15) is 11.9 Å². The fourth-order valence-electron chi connectivity index (χ4n) is 0.979. The average molecular weight is 217 g/mol. The monoisotopic (exact) mass is 217 g/mol. The highest BCUT2D eigenvalue weighted by atomic mass is 32.2. The molecule has 1 rings (SSSR count). The van der Waals surface area contributed by atoms with Crippen LogP contribution < -0.4 is 0 Å². The Labute approximate surface area is 85.1 Å². The number of aliphatic hydroxyl groups excluding tert-OH is 1. The summed E-state index contributed by atoms with van der Waals surface area (Å²) in [5.41, 5.74) is 0.787. The maximum absolute atomic E-state index is 10.4. The van der Waals surface area contributed by atoms with Crippen LogP contribution in [0.5, 0.6) is 0 Å². The predicted molar refractivity (Wildman–Crippen MR) is 53.1 cm³/mol. The molecular weight excluding hydrogens is 206 g/mol. The lowest BCUT2D eigenvalue weighted by Gasteiger charge is -1.98. The van der Waals surface area contributed by atoms with Crippen molar-refractivity contribution in [2.75, 3.05) is 12.4 Å². The van der Waals surface area contributed by atoms with Gasteiger partial charge < -0.3 is 15.2 Å². The van der Waals surface area contributed by atoms with Crippen LogP contribution in [0.1, 0.15) is 5.69 Å². The molecule has 0 aliphatic rings. The summed E-state index contributed by atoms with van der Waals surface area (Å²) in [7, 11) is 1.61. The van der Waals surface area contributed by atoms with Gasteiger partial charge in [0.05, 0.1) is 19.4 Å². The molecule has 0 spiro atoms. The second kappa shape index (κ2) is 4.97. The summed E-state index contributed by atoms with van der Waals surface area (Å²) in [5, 5.41) is 19.0. The Hall–Kier alpha value is -1.08. The third-order valence-electron chi connectivity index (χ3n) is 1.71. The molecule has 0 amide bonds. The van der Waals surface area contributed by atoms with E-state index in [-0.39, 0.29) is 12.6 Å². The average Bonchev–Trinajstić information content (AvgIpc) is 2.48. The lowest BCUT2D eigenvalue weighted by atomic mass is 10.5. The molecule has 14 heavy (non-hydrogen) atoms. The normalized spacial score (nSPS) is 10.4. The van der Waals surface area contributed by atoms with Crippen LogP contribution >= 0.6 is 11.8 Å². The SMILES string of the molecule is Cn1c(CSCCO)cnc1[N+](=O)[O-]. The molecule has 0 aromatic carbocycles. The standard InChI is InChI=1S/C7H11N3O3S/c1-9-6(5-14-3-2-11)4-8-7(9)10(12)13/h4,11H,2-3,5H2,1H3. The van der Waals surface area contributed by atoms with E-state index in [9.17, 15) is 10.1 Å². The van der Waals surface area contributed by atoms with Gasteiger partial charge in [-0.3, -0.25) is 0 Å². The summed E-state index contributed by atoms with van der Waals surface area (Å²) >= 11 is 1.51. The maximum Gasteiger partial charge on any atom is 0.434 e. The van der Waals surface area contributed by atoms with Gasteiger partial charge in [-0.15, -0.1) is 0 Å².